The van der Waals surface area contributed by atoms with E-state index in [1.807, 2.05) is 18.2 Å². The van der Waals surface area contributed by atoms with E-state index in [0.29, 0.717) is 41.5 Å². The van der Waals surface area contributed by atoms with Gasteiger partial charge in [-0.2, -0.15) is 0 Å². The van der Waals surface area contributed by atoms with Gasteiger partial charge >= 0.3 is 0 Å². The lowest BCUT2D eigenvalue weighted by Crippen LogP contribution is -2.56. The fourth-order valence-corrected chi connectivity index (χ4v) is 6.34. The van der Waals surface area contributed by atoms with Gasteiger partial charge in [0.1, 0.15) is 11.5 Å². The van der Waals surface area contributed by atoms with Crippen molar-refractivity contribution in [1.82, 2.24) is 15.1 Å². The summed E-state index contributed by atoms with van der Waals surface area (Å²) in [5, 5.41) is 3.45. The molecule has 202 valence electrons. The second-order valence-corrected chi connectivity index (χ2v) is 10.5. The van der Waals surface area contributed by atoms with Crippen LogP contribution in [0.25, 0.3) is 0 Å². The molecule has 3 amide bonds. The van der Waals surface area contributed by atoms with Crippen molar-refractivity contribution in [2.24, 2.45) is 5.92 Å². The van der Waals surface area contributed by atoms with Crippen LogP contribution in [0.1, 0.15) is 71.2 Å². The molecule has 0 unspecified atom stereocenters. The zero-order valence-corrected chi connectivity index (χ0v) is 22.3. The molecular weight excluding hydrogens is 482 g/mol. The lowest BCUT2D eigenvalue weighted by Gasteiger charge is -2.45. The number of fused-ring (bicyclic) bond motifs is 2. The molecule has 2 aromatic rings. The van der Waals surface area contributed by atoms with Crippen LogP contribution in [0.5, 0.6) is 11.5 Å². The summed E-state index contributed by atoms with van der Waals surface area (Å²) in [4.78, 5) is 43.3. The fraction of sp³-hybridized carbons (Fsp3) is 0.500. The van der Waals surface area contributed by atoms with Gasteiger partial charge in [0.05, 0.1) is 31.4 Å². The summed E-state index contributed by atoms with van der Waals surface area (Å²) in [6, 6.07) is 12.3. The first-order valence-electron chi connectivity index (χ1n) is 13.7. The highest BCUT2D eigenvalue weighted by atomic mass is 16.5. The maximum Gasteiger partial charge on any atom is 0.261 e. The Labute approximate surface area is 224 Å². The van der Waals surface area contributed by atoms with Crippen molar-refractivity contribution in [1.29, 1.82) is 0 Å². The minimum Gasteiger partial charge on any atom is -0.497 e. The standard InChI is InChI=1S/C30H37N3O5/c1-37-22-14-13-21(27(18-22)38-2)19-31-25(30(36)32-16-7-9-20-8-3-6-12-26(20)32)15-17-33-28(34)23-10-4-5-11-24(23)29(33)35/h4-5,10-11,13-14,18,20,25-26,31H,3,6-9,12,15-17,19H2,1-2H3/t20-,25-,26+/m1/s1. The third-order valence-electron chi connectivity index (χ3n) is 8.38. The Morgan fingerprint density at radius 1 is 0.974 bits per heavy atom. The topological polar surface area (TPSA) is 88.2 Å². The van der Waals surface area contributed by atoms with Crippen LogP contribution in [0.4, 0.5) is 0 Å². The second-order valence-electron chi connectivity index (χ2n) is 10.5. The minimum atomic E-state index is -0.535. The van der Waals surface area contributed by atoms with Gasteiger partial charge in [0, 0.05) is 37.3 Å². The third kappa shape index (κ3) is 5.14. The second kappa shape index (κ2) is 11.6. The number of carbonyl (C=O) groups excluding carboxylic acids is 3. The van der Waals surface area contributed by atoms with Gasteiger partial charge in [-0.25, -0.2) is 0 Å². The molecule has 2 fully saturated rings. The van der Waals surface area contributed by atoms with Crippen molar-refractivity contribution in [3.63, 3.8) is 0 Å². The first-order chi connectivity index (χ1) is 18.5. The average Bonchev–Trinajstić information content (AvgIpc) is 3.21. The molecule has 1 saturated heterocycles. The van der Waals surface area contributed by atoms with Crippen LogP contribution in [0.2, 0.25) is 0 Å². The van der Waals surface area contributed by atoms with E-state index in [1.54, 1.807) is 38.5 Å². The van der Waals surface area contributed by atoms with Crippen LogP contribution in [-0.4, -0.2) is 66.9 Å². The number of nitrogens with zero attached hydrogens (tertiary/aromatic N) is 2. The van der Waals surface area contributed by atoms with Gasteiger partial charge in [-0.1, -0.05) is 31.0 Å². The summed E-state index contributed by atoms with van der Waals surface area (Å²) < 4.78 is 10.9. The van der Waals surface area contributed by atoms with Crippen molar-refractivity contribution >= 4 is 17.7 Å². The number of hydrogen-bond donors (Lipinski definition) is 1. The Morgan fingerprint density at radius 3 is 2.39 bits per heavy atom. The van der Waals surface area contributed by atoms with Crippen molar-refractivity contribution in [2.45, 2.75) is 63.6 Å². The number of piperidine rings is 1. The van der Waals surface area contributed by atoms with E-state index >= 15 is 0 Å². The highest BCUT2D eigenvalue weighted by molar-refractivity contribution is 6.21. The Hall–Kier alpha value is -3.39. The van der Waals surface area contributed by atoms with Gasteiger partial charge in [-0.15, -0.1) is 0 Å². The van der Waals surface area contributed by atoms with Crippen molar-refractivity contribution < 1.29 is 23.9 Å². The number of hydrogen-bond acceptors (Lipinski definition) is 6. The van der Waals surface area contributed by atoms with E-state index in [1.165, 1.54) is 24.2 Å². The zero-order valence-electron chi connectivity index (χ0n) is 22.3. The molecule has 0 radical (unpaired) electrons. The summed E-state index contributed by atoms with van der Waals surface area (Å²) in [6.45, 7) is 1.35. The molecule has 0 aromatic heterocycles. The Morgan fingerprint density at radius 2 is 1.68 bits per heavy atom. The lowest BCUT2D eigenvalue weighted by atomic mass is 9.78. The molecule has 8 heteroatoms. The monoisotopic (exact) mass is 519 g/mol. The number of amides is 3. The Balaban J connectivity index is 1.34. The minimum absolute atomic E-state index is 0.0608. The van der Waals surface area contributed by atoms with E-state index in [4.69, 9.17) is 9.47 Å². The number of methoxy groups -OCH3 is 2. The fourth-order valence-electron chi connectivity index (χ4n) is 6.34. The highest BCUT2D eigenvalue weighted by Gasteiger charge is 2.39. The van der Waals surface area contributed by atoms with Crippen LogP contribution in [0, 0.1) is 5.92 Å². The molecule has 0 bridgehead atoms. The lowest BCUT2D eigenvalue weighted by molar-refractivity contribution is -0.140. The van der Waals surface area contributed by atoms with Gasteiger partial charge < -0.3 is 19.7 Å². The molecule has 3 aliphatic rings. The Kier molecular flexibility index (Phi) is 7.98. The zero-order chi connectivity index (χ0) is 26.6. The molecule has 2 aliphatic heterocycles. The number of nitrogens with one attached hydrogen (secondary N) is 1. The molecule has 8 nitrogen and oxygen atoms in total. The molecule has 2 heterocycles. The van der Waals surface area contributed by atoms with Crippen molar-refractivity contribution in [3.05, 3.63) is 59.2 Å². The summed E-state index contributed by atoms with van der Waals surface area (Å²) in [5.74, 6) is 1.41. The van der Waals surface area contributed by atoms with Gasteiger partial charge in [0.15, 0.2) is 0 Å². The smallest absolute Gasteiger partial charge is 0.261 e. The van der Waals surface area contributed by atoms with Crippen molar-refractivity contribution in [3.8, 4) is 11.5 Å². The number of likely N-dealkylation sites (tertiary alicyclic amines) is 1. The molecular formula is C30H37N3O5. The number of carbonyl (C=O) groups is 3. The number of rotatable bonds is 9. The predicted molar refractivity (Wildman–Crippen MR) is 143 cm³/mol. The van der Waals surface area contributed by atoms with Gasteiger partial charge in [-0.05, 0) is 56.2 Å². The largest absolute Gasteiger partial charge is 0.497 e. The highest BCUT2D eigenvalue weighted by Crippen LogP contribution is 2.36. The number of imide groups is 1. The molecule has 5 rings (SSSR count). The molecule has 1 N–H and O–H groups in total. The normalized spacial score (nSPS) is 21.6. The predicted octanol–water partition coefficient (Wildman–Crippen LogP) is 4.03. The van der Waals surface area contributed by atoms with Crippen LogP contribution in [-0.2, 0) is 11.3 Å². The van der Waals surface area contributed by atoms with E-state index in [9.17, 15) is 14.4 Å². The van der Waals surface area contributed by atoms with Crippen LogP contribution >= 0.6 is 0 Å². The average molecular weight is 520 g/mol. The number of ether oxygens (including phenoxy) is 2. The summed E-state index contributed by atoms with van der Waals surface area (Å²) in [6.07, 6.45) is 7.17. The van der Waals surface area contributed by atoms with Crippen LogP contribution < -0.4 is 14.8 Å². The van der Waals surface area contributed by atoms with Crippen LogP contribution in [0.3, 0.4) is 0 Å². The first kappa shape index (κ1) is 26.2. The van der Waals surface area contributed by atoms with E-state index < -0.39 is 6.04 Å². The quantitative estimate of drug-likeness (QED) is 0.504. The Bertz CT molecular complexity index is 1160. The van der Waals surface area contributed by atoms with E-state index in [2.05, 4.69) is 10.2 Å². The summed E-state index contributed by atoms with van der Waals surface area (Å²) >= 11 is 0. The molecule has 1 saturated carbocycles. The summed E-state index contributed by atoms with van der Waals surface area (Å²) in [7, 11) is 3.22. The summed E-state index contributed by atoms with van der Waals surface area (Å²) in [5.41, 5.74) is 1.76. The third-order valence-corrected chi connectivity index (χ3v) is 8.38. The van der Waals surface area contributed by atoms with E-state index in [-0.39, 0.29) is 30.3 Å². The SMILES string of the molecule is COc1ccc(CN[C@H](CCN2C(=O)c3ccccc3C2=O)C(=O)N2CCC[C@H]3CCCC[C@@H]32)c(OC)c1. The first-order valence-corrected chi connectivity index (χ1v) is 13.7. The molecule has 2 aromatic carbocycles. The van der Waals surface area contributed by atoms with Gasteiger partial charge in [-0.3, -0.25) is 19.3 Å². The van der Waals surface area contributed by atoms with Gasteiger partial charge in [0.25, 0.3) is 11.8 Å². The molecule has 3 atom stereocenters. The maximum atomic E-state index is 14.0. The molecule has 1 aliphatic carbocycles. The van der Waals surface area contributed by atoms with Gasteiger partial charge in [0.2, 0.25) is 5.91 Å². The van der Waals surface area contributed by atoms with Crippen molar-refractivity contribution in [2.75, 3.05) is 27.3 Å². The number of benzene rings is 2. The maximum absolute atomic E-state index is 14.0. The molecule has 38 heavy (non-hydrogen) atoms. The molecule has 0 spiro atoms. The van der Waals surface area contributed by atoms with Crippen LogP contribution in [0.15, 0.2) is 42.5 Å². The van der Waals surface area contributed by atoms with E-state index in [0.717, 1.165) is 31.4 Å².